The van der Waals surface area contributed by atoms with Crippen molar-refractivity contribution in [1.82, 2.24) is 0 Å². The van der Waals surface area contributed by atoms with Gasteiger partial charge < -0.3 is 0 Å². The van der Waals surface area contributed by atoms with Crippen molar-refractivity contribution in [3.05, 3.63) is 55.2 Å². The zero-order valence-electron chi connectivity index (χ0n) is 10.9. The molecule has 0 bridgehead atoms. The summed E-state index contributed by atoms with van der Waals surface area (Å²) >= 11 is 7.60. The lowest BCUT2D eigenvalue weighted by Gasteiger charge is -2.09. The number of benzene rings is 1. The Labute approximate surface area is 116 Å². The van der Waals surface area contributed by atoms with E-state index in [2.05, 4.69) is 0 Å². The van der Waals surface area contributed by atoms with Gasteiger partial charge in [-0.25, -0.2) is 0 Å². The van der Waals surface area contributed by atoms with Crippen molar-refractivity contribution in [2.24, 2.45) is 0 Å². The predicted molar refractivity (Wildman–Crippen MR) is 78.2 cm³/mol. The Hall–Kier alpha value is -1.12. The van der Waals surface area contributed by atoms with Gasteiger partial charge in [0.05, 0.1) is 9.90 Å². The molecule has 0 fully saturated rings. The van der Waals surface area contributed by atoms with Crippen LogP contribution in [0.15, 0.2) is 17.5 Å². The van der Waals surface area contributed by atoms with Gasteiger partial charge in [-0.1, -0.05) is 29.3 Å². The molecule has 2 aromatic rings. The maximum absolute atomic E-state index is 12.6. The van der Waals surface area contributed by atoms with E-state index >= 15 is 0 Å². The van der Waals surface area contributed by atoms with Gasteiger partial charge in [-0.05, 0) is 49.8 Å². The predicted octanol–water partition coefficient (Wildman–Crippen LogP) is 4.87. The van der Waals surface area contributed by atoms with Crippen LogP contribution in [0.3, 0.4) is 0 Å². The van der Waals surface area contributed by atoms with E-state index in [-0.39, 0.29) is 5.78 Å². The molecule has 0 saturated carbocycles. The molecule has 0 unspecified atom stereocenters. The molecule has 0 amide bonds. The van der Waals surface area contributed by atoms with Gasteiger partial charge in [0, 0.05) is 5.56 Å². The zero-order valence-corrected chi connectivity index (χ0v) is 12.5. The molecule has 94 valence electrons. The van der Waals surface area contributed by atoms with Gasteiger partial charge in [0.15, 0.2) is 0 Å². The van der Waals surface area contributed by atoms with Gasteiger partial charge in [0.1, 0.15) is 0 Å². The van der Waals surface area contributed by atoms with Crippen LogP contribution in [0.4, 0.5) is 0 Å². The summed E-state index contributed by atoms with van der Waals surface area (Å²) in [4.78, 5) is 13.2. The normalized spacial score (nSPS) is 10.7. The van der Waals surface area contributed by atoms with Crippen molar-refractivity contribution in [3.8, 4) is 0 Å². The first-order valence-electron chi connectivity index (χ1n) is 5.78. The van der Waals surface area contributed by atoms with Crippen molar-refractivity contribution < 1.29 is 4.79 Å². The summed E-state index contributed by atoms with van der Waals surface area (Å²) in [7, 11) is 0. The number of rotatable bonds is 2. The second-order valence-electron chi connectivity index (χ2n) is 4.66. The van der Waals surface area contributed by atoms with Gasteiger partial charge in [-0.15, -0.1) is 11.3 Å². The van der Waals surface area contributed by atoms with Crippen LogP contribution >= 0.6 is 22.9 Å². The summed E-state index contributed by atoms with van der Waals surface area (Å²) in [6.07, 6.45) is 0. The van der Waals surface area contributed by atoms with Crippen LogP contribution in [0.5, 0.6) is 0 Å². The fraction of sp³-hybridized carbons (Fsp3) is 0.267. The highest BCUT2D eigenvalue weighted by atomic mass is 35.5. The first kappa shape index (κ1) is 13.3. The summed E-state index contributed by atoms with van der Waals surface area (Å²) in [5, 5.41) is 2.51. The Morgan fingerprint density at radius 2 is 1.61 bits per heavy atom. The van der Waals surface area contributed by atoms with Crippen LogP contribution in [0.25, 0.3) is 0 Å². The third kappa shape index (κ3) is 2.23. The van der Waals surface area contributed by atoms with Crippen LogP contribution in [0.1, 0.15) is 37.5 Å². The molecule has 0 aliphatic carbocycles. The first-order valence-corrected chi connectivity index (χ1v) is 7.03. The summed E-state index contributed by atoms with van der Waals surface area (Å²) < 4.78 is 0. The van der Waals surface area contributed by atoms with E-state index in [0.717, 1.165) is 22.3 Å². The van der Waals surface area contributed by atoms with Gasteiger partial charge in [-0.3, -0.25) is 4.79 Å². The molecule has 0 aliphatic rings. The minimum Gasteiger partial charge on any atom is -0.288 e. The molecule has 1 aromatic carbocycles. The average Bonchev–Trinajstić information content (AvgIpc) is 2.58. The Morgan fingerprint density at radius 3 is 2.06 bits per heavy atom. The summed E-state index contributed by atoms with van der Waals surface area (Å²) in [5.41, 5.74) is 4.95. The lowest BCUT2D eigenvalue weighted by molar-refractivity contribution is 0.104. The fourth-order valence-electron chi connectivity index (χ4n) is 2.23. The molecule has 0 atom stereocenters. The van der Waals surface area contributed by atoms with E-state index in [9.17, 15) is 4.79 Å². The molecule has 18 heavy (non-hydrogen) atoms. The number of hydrogen-bond donors (Lipinski definition) is 0. The molecule has 0 saturated heterocycles. The molecule has 1 heterocycles. The molecule has 3 heteroatoms. The third-order valence-electron chi connectivity index (χ3n) is 3.01. The number of ketones is 1. The molecular weight excluding hydrogens is 264 g/mol. The maximum atomic E-state index is 12.6. The van der Waals surface area contributed by atoms with Crippen LogP contribution < -0.4 is 0 Å². The molecule has 1 aromatic heterocycles. The van der Waals surface area contributed by atoms with E-state index in [1.165, 1.54) is 16.9 Å². The second kappa shape index (κ2) is 4.87. The topological polar surface area (TPSA) is 17.1 Å². The molecule has 0 radical (unpaired) electrons. The maximum Gasteiger partial charge on any atom is 0.205 e. The van der Waals surface area contributed by atoms with Crippen molar-refractivity contribution in [1.29, 1.82) is 0 Å². The fourth-order valence-corrected chi connectivity index (χ4v) is 3.46. The zero-order chi connectivity index (χ0) is 13.4. The van der Waals surface area contributed by atoms with Gasteiger partial charge >= 0.3 is 0 Å². The van der Waals surface area contributed by atoms with Gasteiger partial charge in [0.2, 0.25) is 5.78 Å². The van der Waals surface area contributed by atoms with Crippen LogP contribution in [0, 0.1) is 27.7 Å². The monoisotopic (exact) mass is 278 g/mol. The quantitative estimate of drug-likeness (QED) is 0.717. The van der Waals surface area contributed by atoms with Crippen LogP contribution in [-0.4, -0.2) is 5.78 Å². The average molecular weight is 279 g/mol. The molecular formula is C15H15ClOS. The second-order valence-corrected chi connectivity index (χ2v) is 5.92. The molecule has 2 rings (SSSR count). The van der Waals surface area contributed by atoms with E-state index in [1.807, 2.05) is 45.2 Å². The molecule has 0 aliphatic heterocycles. The van der Waals surface area contributed by atoms with E-state index in [4.69, 9.17) is 11.6 Å². The number of carbonyl (C=O) groups excluding carboxylic acids is 1. The third-order valence-corrected chi connectivity index (χ3v) is 4.71. The number of thiophene rings is 1. The van der Waals surface area contributed by atoms with Crippen molar-refractivity contribution in [2.45, 2.75) is 27.7 Å². The minimum absolute atomic E-state index is 0.0353. The smallest absolute Gasteiger partial charge is 0.205 e. The highest BCUT2D eigenvalue weighted by Gasteiger charge is 2.20. The van der Waals surface area contributed by atoms with Crippen molar-refractivity contribution in [3.63, 3.8) is 0 Å². The standard InChI is InChI=1S/C15H15ClOS/c1-8-5-9(2)12(10(3)6-8)14(17)15-13(16)11(4)7-18-15/h5-7H,1-4H3. The molecule has 0 N–H and O–H groups in total. The molecule has 1 nitrogen and oxygen atoms in total. The van der Waals surface area contributed by atoms with Gasteiger partial charge in [-0.2, -0.15) is 0 Å². The Morgan fingerprint density at radius 1 is 1.06 bits per heavy atom. The summed E-state index contributed by atoms with van der Waals surface area (Å²) in [6, 6.07) is 4.07. The number of hydrogen-bond acceptors (Lipinski definition) is 2. The number of aryl methyl sites for hydroxylation is 4. The summed E-state index contributed by atoms with van der Waals surface area (Å²) in [5.74, 6) is 0.0353. The lowest BCUT2D eigenvalue weighted by Crippen LogP contribution is -2.05. The number of halogens is 1. The van der Waals surface area contributed by atoms with E-state index in [1.54, 1.807) is 0 Å². The van der Waals surface area contributed by atoms with Crippen LogP contribution in [0.2, 0.25) is 5.02 Å². The van der Waals surface area contributed by atoms with Gasteiger partial charge in [0.25, 0.3) is 0 Å². The van der Waals surface area contributed by atoms with Crippen molar-refractivity contribution >= 4 is 28.7 Å². The van der Waals surface area contributed by atoms with E-state index in [0.29, 0.717) is 9.90 Å². The lowest BCUT2D eigenvalue weighted by atomic mass is 9.96. The molecule has 0 spiro atoms. The van der Waals surface area contributed by atoms with Crippen molar-refractivity contribution in [2.75, 3.05) is 0 Å². The largest absolute Gasteiger partial charge is 0.288 e. The highest BCUT2D eigenvalue weighted by molar-refractivity contribution is 7.13. The Balaban J connectivity index is 2.57. The first-order chi connectivity index (χ1) is 8.41. The highest BCUT2D eigenvalue weighted by Crippen LogP contribution is 2.31. The van der Waals surface area contributed by atoms with Crippen LogP contribution in [-0.2, 0) is 0 Å². The Bertz CT molecular complexity index is 602. The summed E-state index contributed by atoms with van der Waals surface area (Å²) in [6.45, 7) is 7.91. The Kier molecular flexibility index (Phi) is 3.60. The van der Waals surface area contributed by atoms with E-state index < -0.39 is 0 Å². The SMILES string of the molecule is Cc1cc(C)c(C(=O)c2scc(C)c2Cl)c(C)c1. The minimum atomic E-state index is 0.0353. The number of carbonyl (C=O) groups is 1.